The van der Waals surface area contributed by atoms with Crippen LogP contribution in [0.25, 0.3) is 0 Å². The van der Waals surface area contributed by atoms with Crippen molar-refractivity contribution in [3.63, 3.8) is 0 Å². The number of hydrogen-bond donors (Lipinski definition) is 1. The van der Waals surface area contributed by atoms with Gasteiger partial charge in [-0.25, -0.2) is 0 Å². The van der Waals surface area contributed by atoms with Crippen LogP contribution in [0.1, 0.15) is 52.6 Å². The topological polar surface area (TPSA) is 15.3 Å². The van der Waals surface area contributed by atoms with Gasteiger partial charge >= 0.3 is 0 Å². The summed E-state index contributed by atoms with van der Waals surface area (Å²) >= 11 is 3.75. The highest BCUT2D eigenvalue weighted by atomic mass is 79.9. The Morgan fingerprint density at radius 1 is 1.20 bits per heavy atom. The Balaban J connectivity index is 2.90. The zero-order chi connectivity index (χ0) is 15.1. The van der Waals surface area contributed by atoms with Gasteiger partial charge in [-0.1, -0.05) is 33.3 Å². The smallest absolute Gasteiger partial charge is 0.0510 e. The molecule has 0 aliphatic rings. The molecule has 1 rings (SSSR count). The van der Waals surface area contributed by atoms with Gasteiger partial charge in [-0.05, 0) is 59.9 Å². The number of anilines is 1. The lowest BCUT2D eigenvalue weighted by Gasteiger charge is -2.28. The average molecular weight is 341 g/mol. The Bertz CT molecular complexity index is 406. The first-order valence-corrected chi connectivity index (χ1v) is 8.60. The van der Waals surface area contributed by atoms with Gasteiger partial charge in [0.1, 0.15) is 0 Å². The van der Waals surface area contributed by atoms with Crippen molar-refractivity contribution in [2.45, 2.75) is 47.1 Å². The third-order valence-electron chi connectivity index (χ3n) is 3.93. The van der Waals surface area contributed by atoms with Gasteiger partial charge in [0, 0.05) is 23.6 Å². The van der Waals surface area contributed by atoms with Gasteiger partial charge in [-0.15, -0.1) is 0 Å². The predicted octanol–water partition coefficient (Wildman–Crippen LogP) is 4.99. The van der Waals surface area contributed by atoms with E-state index < -0.39 is 0 Å². The number of nitrogens with zero attached hydrogens (tertiary/aromatic N) is 1. The fourth-order valence-electron chi connectivity index (χ4n) is 2.38. The first-order chi connectivity index (χ1) is 9.53. The van der Waals surface area contributed by atoms with Crippen LogP contribution in [0.2, 0.25) is 0 Å². The summed E-state index contributed by atoms with van der Waals surface area (Å²) in [6.07, 6.45) is 1.23. The number of hydrogen-bond acceptors (Lipinski definition) is 2. The zero-order valence-electron chi connectivity index (χ0n) is 13.5. The Kier molecular flexibility index (Phi) is 7.60. The van der Waals surface area contributed by atoms with E-state index in [1.807, 2.05) is 0 Å². The van der Waals surface area contributed by atoms with Crippen LogP contribution in [-0.2, 0) is 0 Å². The highest BCUT2D eigenvalue weighted by molar-refractivity contribution is 9.10. The third-order valence-corrected chi connectivity index (χ3v) is 4.57. The lowest BCUT2D eigenvalue weighted by atomic mass is 10.1. The standard InChI is InChI=1S/C17H29BrN2/c1-6-13(4)12-20(8-3)17-10-9-15(11-16(17)18)14(5)19-7-2/h9-11,13-14,19H,6-8,12H2,1-5H3. The fraction of sp³-hybridized carbons (Fsp3) is 0.647. The molecule has 0 spiro atoms. The van der Waals surface area contributed by atoms with Crippen LogP contribution in [0, 0.1) is 5.92 Å². The van der Waals surface area contributed by atoms with Crippen LogP contribution in [0.3, 0.4) is 0 Å². The largest absolute Gasteiger partial charge is 0.371 e. The van der Waals surface area contributed by atoms with E-state index in [1.165, 1.54) is 22.1 Å². The summed E-state index contributed by atoms with van der Waals surface area (Å²) in [7, 11) is 0. The maximum absolute atomic E-state index is 3.75. The summed E-state index contributed by atoms with van der Waals surface area (Å²) in [5.41, 5.74) is 2.64. The molecule has 114 valence electrons. The molecular weight excluding hydrogens is 312 g/mol. The fourth-order valence-corrected chi connectivity index (χ4v) is 3.02. The van der Waals surface area contributed by atoms with Crippen LogP contribution in [0.5, 0.6) is 0 Å². The average Bonchev–Trinajstić information content (AvgIpc) is 2.45. The quantitative estimate of drug-likeness (QED) is 0.716. The second-order valence-electron chi connectivity index (χ2n) is 5.54. The van der Waals surface area contributed by atoms with E-state index in [2.05, 4.69) is 79.0 Å². The zero-order valence-corrected chi connectivity index (χ0v) is 15.1. The SMILES string of the molecule is CCNC(C)c1ccc(N(CC)CC(C)CC)c(Br)c1. The summed E-state index contributed by atoms with van der Waals surface area (Å²) in [5, 5.41) is 3.46. The van der Waals surface area contributed by atoms with E-state index in [1.54, 1.807) is 0 Å². The lowest BCUT2D eigenvalue weighted by Crippen LogP contribution is -2.28. The molecule has 0 aliphatic carbocycles. The molecule has 0 radical (unpaired) electrons. The van der Waals surface area contributed by atoms with Crippen molar-refractivity contribution >= 4 is 21.6 Å². The van der Waals surface area contributed by atoms with E-state index in [9.17, 15) is 0 Å². The molecule has 0 saturated heterocycles. The summed E-state index contributed by atoms with van der Waals surface area (Å²) in [4.78, 5) is 2.46. The van der Waals surface area contributed by atoms with Gasteiger partial charge in [-0.3, -0.25) is 0 Å². The lowest BCUT2D eigenvalue weighted by molar-refractivity contribution is 0.547. The molecule has 1 aromatic carbocycles. The minimum Gasteiger partial charge on any atom is -0.371 e. The highest BCUT2D eigenvalue weighted by Gasteiger charge is 2.13. The van der Waals surface area contributed by atoms with Crippen LogP contribution in [0.4, 0.5) is 5.69 Å². The van der Waals surface area contributed by atoms with Crippen molar-refractivity contribution in [1.29, 1.82) is 0 Å². The highest BCUT2D eigenvalue weighted by Crippen LogP contribution is 2.30. The molecule has 2 unspecified atom stereocenters. The van der Waals surface area contributed by atoms with Crippen molar-refractivity contribution in [1.82, 2.24) is 5.32 Å². The first-order valence-electron chi connectivity index (χ1n) is 7.81. The van der Waals surface area contributed by atoms with Crippen LogP contribution >= 0.6 is 15.9 Å². The number of rotatable bonds is 8. The molecule has 1 N–H and O–H groups in total. The van der Waals surface area contributed by atoms with Gasteiger partial charge in [-0.2, -0.15) is 0 Å². The molecule has 0 bridgehead atoms. The second kappa shape index (κ2) is 8.68. The van der Waals surface area contributed by atoms with Crippen molar-refractivity contribution < 1.29 is 0 Å². The molecule has 0 amide bonds. The summed E-state index contributed by atoms with van der Waals surface area (Å²) in [6, 6.07) is 7.14. The summed E-state index contributed by atoms with van der Waals surface area (Å²) in [5.74, 6) is 0.724. The van der Waals surface area contributed by atoms with Crippen molar-refractivity contribution in [2.24, 2.45) is 5.92 Å². The Hall–Kier alpha value is -0.540. The van der Waals surface area contributed by atoms with Crippen LogP contribution < -0.4 is 10.2 Å². The number of halogens is 1. The van der Waals surface area contributed by atoms with Crippen LogP contribution in [0.15, 0.2) is 22.7 Å². The molecule has 0 saturated carbocycles. The first kappa shape index (κ1) is 17.5. The molecule has 2 nitrogen and oxygen atoms in total. The number of benzene rings is 1. The van der Waals surface area contributed by atoms with Crippen molar-refractivity contribution in [2.75, 3.05) is 24.5 Å². The molecule has 0 fully saturated rings. The summed E-state index contributed by atoms with van der Waals surface area (Å²) < 4.78 is 1.20. The monoisotopic (exact) mass is 340 g/mol. The molecule has 0 aromatic heterocycles. The van der Waals surface area contributed by atoms with E-state index in [0.29, 0.717) is 6.04 Å². The Morgan fingerprint density at radius 2 is 1.90 bits per heavy atom. The van der Waals surface area contributed by atoms with E-state index in [0.717, 1.165) is 25.6 Å². The van der Waals surface area contributed by atoms with Crippen molar-refractivity contribution in [3.05, 3.63) is 28.2 Å². The molecule has 3 heteroatoms. The van der Waals surface area contributed by atoms with Gasteiger partial charge < -0.3 is 10.2 Å². The van der Waals surface area contributed by atoms with Gasteiger partial charge in [0.15, 0.2) is 0 Å². The maximum atomic E-state index is 3.75. The van der Waals surface area contributed by atoms with E-state index in [-0.39, 0.29) is 0 Å². The predicted molar refractivity (Wildman–Crippen MR) is 93.6 cm³/mol. The maximum Gasteiger partial charge on any atom is 0.0510 e. The van der Waals surface area contributed by atoms with Gasteiger partial charge in [0.2, 0.25) is 0 Å². The minimum atomic E-state index is 0.398. The van der Waals surface area contributed by atoms with E-state index >= 15 is 0 Å². The molecule has 0 aliphatic heterocycles. The van der Waals surface area contributed by atoms with Gasteiger partial charge in [0.05, 0.1) is 5.69 Å². The third kappa shape index (κ3) is 4.78. The number of nitrogens with one attached hydrogen (secondary N) is 1. The van der Waals surface area contributed by atoms with Gasteiger partial charge in [0.25, 0.3) is 0 Å². The van der Waals surface area contributed by atoms with Crippen molar-refractivity contribution in [3.8, 4) is 0 Å². The Morgan fingerprint density at radius 3 is 2.40 bits per heavy atom. The minimum absolute atomic E-state index is 0.398. The summed E-state index contributed by atoms with van der Waals surface area (Å²) in [6.45, 7) is 14.3. The second-order valence-corrected chi connectivity index (χ2v) is 6.40. The molecule has 2 atom stereocenters. The molecule has 0 heterocycles. The molecular formula is C17H29BrN2. The van der Waals surface area contributed by atoms with E-state index in [4.69, 9.17) is 0 Å². The molecule has 1 aromatic rings. The van der Waals surface area contributed by atoms with Crippen LogP contribution in [-0.4, -0.2) is 19.6 Å². The normalized spacial score (nSPS) is 14.1. The Labute approximate surface area is 133 Å². The molecule has 20 heavy (non-hydrogen) atoms.